The zero-order valence-corrected chi connectivity index (χ0v) is 17.4. The topological polar surface area (TPSA) is 75.7 Å². The molecule has 1 N–H and O–H groups in total. The van der Waals surface area contributed by atoms with Crippen LogP contribution in [0.25, 0.3) is 0 Å². The van der Waals surface area contributed by atoms with Gasteiger partial charge in [-0.2, -0.15) is 0 Å². The number of carbonyl (C=O) groups excluding carboxylic acids is 3. The van der Waals surface area contributed by atoms with E-state index in [0.717, 1.165) is 10.5 Å². The van der Waals surface area contributed by atoms with E-state index < -0.39 is 23.8 Å². The number of amides is 3. The largest absolute Gasteiger partial charge is 0.495 e. The maximum atomic E-state index is 12.7. The van der Waals surface area contributed by atoms with Crippen molar-refractivity contribution in [3.05, 3.63) is 56.0 Å². The van der Waals surface area contributed by atoms with Crippen molar-refractivity contribution >= 4 is 58.2 Å². The van der Waals surface area contributed by atoms with Gasteiger partial charge in [-0.25, -0.2) is 0 Å². The molecule has 9 heteroatoms. The minimum atomic E-state index is -1.08. The van der Waals surface area contributed by atoms with E-state index in [2.05, 4.69) is 5.32 Å². The zero-order valence-electron chi connectivity index (χ0n) is 15.1. The number of carbonyl (C=O) groups is 3. The third kappa shape index (κ3) is 3.43. The summed E-state index contributed by atoms with van der Waals surface area (Å²) >= 11 is 18.0. The van der Waals surface area contributed by atoms with Crippen molar-refractivity contribution in [3.63, 3.8) is 0 Å². The number of ether oxygens (including phenoxy) is 1. The average Bonchev–Trinajstić information content (AvgIpc) is 2.88. The Morgan fingerprint density at radius 2 is 1.54 bits per heavy atom. The molecule has 0 spiro atoms. The van der Waals surface area contributed by atoms with Crippen LogP contribution < -0.4 is 10.1 Å². The Kier molecular flexibility index (Phi) is 5.57. The fourth-order valence-electron chi connectivity index (χ4n) is 2.89. The van der Waals surface area contributed by atoms with Gasteiger partial charge in [0, 0.05) is 11.1 Å². The summed E-state index contributed by atoms with van der Waals surface area (Å²) in [6, 6.07) is 4.80. The summed E-state index contributed by atoms with van der Waals surface area (Å²) < 4.78 is 5.23. The van der Waals surface area contributed by atoms with Gasteiger partial charge in [0.15, 0.2) is 0 Å². The monoisotopic (exact) mass is 440 g/mol. The van der Waals surface area contributed by atoms with Crippen LogP contribution >= 0.6 is 34.8 Å². The Bertz CT molecular complexity index is 982. The first-order valence-electron chi connectivity index (χ1n) is 8.17. The molecular formula is C19H15Cl3N2O4. The molecule has 0 saturated heterocycles. The van der Waals surface area contributed by atoms with Gasteiger partial charge in [-0.1, -0.05) is 34.8 Å². The number of hydrogen-bond donors (Lipinski definition) is 1. The maximum Gasteiger partial charge on any atom is 0.262 e. The van der Waals surface area contributed by atoms with Crippen molar-refractivity contribution in [2.75, 3.05) is 12.4 Å². The van der Waals surface area contributed by atoms with Crippen LogP contribution in [0.15, 0.2) is 24.3 Å². The predicted octanol–water partition coefficient (Wildman–Crippen LogP) is 4.59. The van der Waals surface area contributed by atoms with Crippen molar-refractivity contribution in [2.24, 2.45) is 0 Å². The van der Waals surface area contributed by atoms with E-state index in [-0.39, 0.29) is 21.2 Å². The fraction of sp³-hybridized carbons (Fsp3) is 0.211. The summed E-state index contributed by atoms with van der Waals surface area (Å²) in [6.45, 7) is 3.23. The highest BCUT2D eigenvalue weighted by Gasteiger charge is 2.41. The highest BCUT2D eigenvalue weighted by atomic mass is 35.5. The Hall–Kier alpha value is -2.28. The Morgan fingerprint density at radius 3 is 2.04 bits per heavy atom. The lowest BCUT2D eigenvalue weighted by Crippen LogP contribution is -2.45. The van der Waals surface area contributed by atoms with Crippen LogP contribution in [-0.2, 0) is 4.79 Å². The molecule has 1 aliphatic heterocycles. The third-order valence-electron chi connectivity index (χ3n) is 4.46. The number of benzene rings is 2. The van der Waals surface area contributed by atoms with Gasteiger partial charge in [0.1, 0.15) is 11.8 Å². The normalized spacial score (nSPS) is 14.1. The maximum absolute atomic E-state index is 12.7. The van der Waals surface area contributed by atoms with E-state index in [1.165, 1.54) is 26.2 Å². The van der Waals surface area contributed by atoms with Crippen molar-refractivity contribution in [3.8, 4) is 5.75 Å². The number of nitrogens with zero attached hydrogens (tertiary/aromatic N) is 1. The Morgan fingerprint density at radius 1 is 1.00 bits per heavy atom. The van der Waals surface area contributed by atoms with Crippen molar-refractivity contribution in [2.45, 2.75) is 19.9 Å². The summed E-state index contributed by atoms with van der Waals surface area (Å²) in [5, 5.41) is 3.47. The molecule has 0 bridgehead atoms. The molecule has 3 amide bonds. The van der Waals surface area contributed by atoms with Gasteiger partial charge in [0.05, 0.1) is 34.0 Å². The molecule has 1 atom stereocenters. The summed E-state index contributed by atoms with van der Waals surface area (Å²) in [5.41, 5.74) is 1.33. The van der Waals surface area contributed by atoms with E-state index in [4.69, 9.17) is 39.5 Å². The van der Waals surface area contributed by atoms with Crippen molar-refractivity contribution in [1.82, 2.24) is 4.90 Å². The zero-order chi connectivity index (χ0) is 20.7. The van der Waals surface area contributed by atoms with Gasteiger partial charge >= 0.3 is 0 Å². The van der Waals surface area contributed by atoms with Gasteiger partial charge in [0.25, 0.3) is 11.8 Å². The van der Waals surface area contributed by atoms with E-state index in [9.17, 15) is 14.4 Å². The lowest BCUT2D eigenvalue weighted by atomic mass is 10.1. The molecular weight excluding hydrogens is 427 g/mol. The molecule has 6 nitrogen and oxygen atoms in total. The highest BCUT2D eigenvalue weighted by Crippen LogP contribution is 2.34. The van der Waals surface area contributed by atoms with E-state index in [0.29, 0.717) is 16.5 Å². The Balaban J connectivity index is 1.88. The molecule has 1 heterocycles. The second kappa shape index (κ2) is 7.62. The molecule has 146 valence electrons. The van der Waals surface area contributed by atoms with Crippen LogP contribution in [0.3, 0.4) is 0 Å². The lowest BCUT2D eigenvalue weighted by molar-refractivity contribution is -0.119. The van der Waals surface area contributed by atoms with E-state index in [1.54, 1.807) is 19.1 Å². The fourth-order valence-corrected chi connectivity index (χ4v) is 3.37. The summed E-state index contributed by atoms with van der Waals surface area (Å²) in [5.74, 6) is -1.43. The number of hydrogen-bond acceptors (Lipinski definition) is 4. The van der Waals surface area contributed by atoms with Crippen LogP contribution in [0, 0.1) is 6.92 Å². The SMILES string of the molecule is COc1cc(Cl)c(C)cc1NC(=O)[C@@H](C)N1C(=O)c2cc(Cl)c(Cl)cc2C1=O. The number of anilines is 1. The molecule has 1 aliphatic rings. The van der Waals surface area contributed by atoms with Crippen molar-refractivity contribution < 1.29 is 19.1 Å². The molecule has 0 saturated carbocycles. The minimum Gasteiger partial charge on any atom is -0.495 e. The standard InChI is InChI=1S/C19H15Cl3N2O4/c1-8-4-15(16(28-3)7-12(8)20)23-17(25)9(2)24-18(26)10-5-13(21)14(22)6-11(10)19(24)27/h4-7,9H,1-3H3,(H,23,25)/t9-/m1/s1. The molecule has 0 aromatic heterocycles. The van der Waals surface area contributed by atoms with Crippen LogP contribution in [-0.4, -0.2) is 35.8 Å². The van der Waals surface area contributed by atoms with Gasteiger partial charge in [-0.15, -0.1) is 0 Å². The van der Waals surface area contributed by atoms with Gasteiger partial charge in [-0.3, -0.25) is 19.3 Å². The quantitative estimate of drug-likeness (QED) is 0.704. The number of aryl methyl sites for hydroxylation is 1. The van der Waals surface area contributed by atoms with Crippen LogP contribution in [0.4, 0.5) is 5.69 Å². The van der Waals surface area contributed by atoms with Crippen LogP contribution in [0.5, 0.6) is 5.75 Å². The second-order valence-corrected chi connectivity index (χ2v) is 7.48. The lowest BCUT2D eigenvalue weighted by Gasteiger charge is -2.22. The second-order valence-electron chi connectivity index (χ2n) is 6.26. The summed E-state index contributed by atoms with van der Waals surface area (Å²) in [6.07, 6.45) is 0. The first-order chi connectivity index (χ1) is 13.1. The van der Waals surface area contributed by atoms with E-state index in [1.807, 2.05) is 0 Å². The minimum absolute atomic E-state index is 0.110. The summed E-state index contributed by atoms with van der Waals surface area (Å²) in [7, 11) is 1.44. The smallest absolute Gasteiger partial charge is 0.262 e. The molecule has 2 aromatic carbocycles. The molecule has 0 aliphatic carbocycles. The van der Waals surface area contributed by atoms with Crippen LogP contribution in [0.2, 0.25) is 15.1 Å². The third-order valence-corrected chi connectivity index (χ3v) is 5.59. The van der Waals surface area contributed by atoms with Gasteiger partial charge in [0.2, 0.25) is 5.91 Å². The number of rotatable bonds is 4. The van der Waals surface area contributed by atoms with Gasteiger partial charge in [-0.05, 0) is 37.6 Å². The molecule has 0 radical (unpaired) electrons. The predicted molar refractivity (Wildman–Crippen MR) is 108 cm³/mol. The Labute approximate surface area is 176 Å². The number of methoxy groups -OCH3 is 1. The average molecular weight is 442 g/mol. The highest BCUT2D eigenvalue weighted by molar-refractivity contribution is 6.43. The molecule has 3 rings (SSSR count). The number of imide groups is 1. The van der Waals surface area contributed by atoms with E-state index >= 15 is 0 Å². The van der Waals surface area contributed by atoms with Crippen molar-refractivity contribution in [1.29, 1.82) is 0 Å². The molecule has 0 unspecified atom stereocenters. The summed E-state index contributed by atoms with van der Waals surface area (Å²) in [4.78, 5) is 39.0. The van der Waals surface area contributed by atoms with Gasteiger partial charge < -0.3 is 10.1 Å². The van der Waals surface area contributed by atoms with Crippen LogP contribution in [0.1, 0.15) is 33.2 Å². The first-order valence-corrected chi connectivity index (χ1v) is 9.31. The number of halogens is 3. The molecule has 28 heavy (non-hydrogen) atoms. The number of nitrogens with one attached hydrogen (secondary N) is 1. The number of fused-ring (bicyclic) bond motifs is 1. The molecule has 0 fully saturated rings. The molecule has 2 aromatic rings. The first kappa shape index (κ1) is 20.5.